The van der Waals surface area contributed by atoms with Crippen molar-refractivity contribution in [3.63, 3.8) is 0 Å². The van der Waals surface area contributed by atoms with Crippen LogP contribution in [0.1, 0.15) is 12.7 Å². The highest BCUT2D eigenvalue weighted by Gasteiger charge is 2.05. The van der Waals surface area contributed by atoms with Crippen molar-refractivity contribution in [3.05, 3.63) is 24.2 Å². The van der Waals surface area contributed by atoms with Crippen LogP contribution in [0.2, 0.25) is 0 Å². The Morgan fingerprint density at radius 3 is 2.94 bits per heavy atom. The fraction of sp³-hybridized carbons (Fsp3) is 0.636. The Bertz CT molecular complexity index is 265. The molecule has 1 unspecified atom stereocenters. The minimum absolute atomic E-state index is 0.237. The summed E-state index contributed by atoms with van der Waals surface area (Å²) in [6.45, 7) is 2.38. The molecular formula is C11H17F2NO2. The maximum Gasteiger partial charge on any atom is 0.261 e. The average Bonchev–Trinajstić information content (AvgIpc) is 2.69. The third kappa shape index (κ3) is 5.82. The van der Waals surface area contributed by atoms with Crippen molar-refractivity contribution in [1.82, 2.24) is 5.32 Å². The molecule has 0 saturated heterocycles. The summed E-state index contributed by atoms with van der Waals surface area (Å²) in [6.07, 6.45) is 0.0240. The van der Waals surface area contributed by atoms with E-state index >= 15 is 0 Å². The van der Waals surface area contributed by atoms with Gasteiger partial charge in [-0.25, -0.2) is 8.78 Å². The molecule has 1 atom stereocenters. The Morgan fingerprint density at radius 1 is 1.50 bits per heavy atom. The Labute approximate surface area is 93.8 Å². The number of hydrogen-bond donors (Lipinski definition) is 1. The first kappa shape index (κ1) is 13.1. The van der Waals surface area contributed by atoms with Gasteiger partial charge in [-0.05, 0) is 19.1 Å². The Kier molecular flexibility index (Phi) is 6.03. The molecule has 16 heavy (non-hydrogen) atoms. The van der Waals surface area contributed by atoms with Gasteiger partial charge in [0.05, 0.1) is 12.9 Å². The number of nitrogens with one attached hydrogen (secondary N) is 1. The van der Waals surface area contributed by atoms with Crippen molar-refractivity contribution in [2.45, 2.75) is 25.8 Å². The van der Waals surface area contributed by atoms with E-state index in [1.807, 2.05) is 19.1 Å². The maximum absolute atomic E-state index is 11.7. The summed E-state index contributed by atoms with van der Waals surface area (Å²) < 4.78 is 33.4. The van der Waals surface area contributed by atoms with Gasteiger partial charge < -0.3 is 14.5 Å². The van der Waals surface area contributed by atoms with Gasteiger partial charge in [-0.3, -0.25) is 0 Å². The van der Waals surface area contributed by atoms with Crippen molar-refractivity contribution >= 4 is 0 Å². The lowest BCUT2D eigenvalue weighted by Crippen LogP contribution is -2.31. The molecule has 1 N–H and O–H groups in total. The molecule has 0 aliphatic rings. The van der Waals surface area contributed by atoms with E-state index in [2.05, 4.69) is 5.32 Å². The monoisotopic (exact) mass is 233 g/mol. The number of halogens is 2. The van der Waals surface area contributed by atoms with Crippen molar-refractivity contribution < 1.29 is 17.9 Å². The molecule has 3 nitrogen and oxygen atoms in total. The molecular weight excluding hydrogens is 216 g/mol. The van der Waals surface area contributed by atoms with Crippen LogP contribution in [-0.2, 0) is 11.2 Å². The summed E-state index contributed by atoms with van der Waals surface area (Å²) in [5.41, 5.74) is 0. The van der Waals surface area contributed by atoms with Crippen molar-refractivity contribution in [1.29, 1.82) is 0 Å². The second-order valence-corrected chi connectivity index (χ2v) is 3.60. The molecule has 0 aliphatic heterocycles. The summed E-state index contributed by atoms with van der Waals surface area (Å²) in [5.74, 6) is 0.911. The number of alkyl halides is 2. The second kappa shape index (κ2) is 7.35. The largest absolute Gasteiger partial charge is 0.469 e. The molecule has 0 aliphatic carbocycles. The van der Waals surface area contributed by atoms with Gasteiger partial charge in [-0.1, -0.05) is 0 Å². The predicted octanol–water partition coefficient (Wildman–Crippen LogP) is 2.08. The first-order valence-corrected chi connectivity index (χ1v) is 5.30. The van der Waals surface area contributed by atoms with Crippen molar-refractivity contribution in [2.24, 2.45) is 0 Å². The van der Waals surface area contributed by atoms with Gasteiger partial charge >= 0.3 is 0 Å². The first-order chi connectivity index (χ1) is 7.68. The van der Waals surface area contributed by atoms with Crippen LogP contribution >= 0.6 is 0 Å². The fourth-order valence-electron chi connectivity index (χ4n) is 1.35. The highest BCUT2D eigenvalue weighted by atomic mass is 19.3. The van der Waals surface area contributed by atoms with Crippen molar-refractivity contribution in [2.75, 3.05) is 19.8 Å². The fourth-order valence-corrected chi connectivity index (χ4v) is 1.35. The van der Waals surface area contributed by atoms with Gasteiger partial charge in [0, 0.05) is 19.0 Å². The Balaban J connectivity index is 2.00. The van der Waals surface area contributed by atoms with Crippen LogP contribution in [-0.4, -0.2) is 32.2 Å². The third-order valence-corrected chi connectivity index (χ3v) is 2.07. The van der Waals surface area contributed by atoms with Crippen LogP contribution in [0.15, 0.2) is 22.8 Å². The molecule has 5 heteroatoms. The molecule has 0 fully saturated rings. The Morgan fingerprint density at radius 2 is 2.31 bits per heavy atom. The average molecular weight is 233 g/mol. The maximum atomic E-state index is 11.7. The summed E-state index contributed by atoms with van der Waals surface area (Å²) >= 11 is 0. The highest BCUT2D eigenvalue weighted by Crippen LogP contribution is 2.03. The molecule has 0 radical (unpaired) electrons. The van der Waals surface area contributed by atoms with Gasteiger partial charge in [0.25, 0.3) is 6.43 Å². The molecule has 92 valence electrons. The number of rotatable bonds is 8. The highest BCUT2D eigenvalue weighted by molar-refractivity contribution is 4.99. The van der Waals surface area contributed by atoms with E-state index in [0.29, 0.717) is 13.2 Å². The summed E-state index contributed by atoms with van der Waals surface area (Å²) in [4.78, 5) is 0. The van der Waals surface area contributed by atoms with Crippen molar-refractivity contribution in [3.8, 4) is 0 Å². The van der Waals surface area contributed by atoms with Crippen LogP contribution in [0.4, 0.5) is 8.78 Å². The topological polar surface area (TPSA) is 34.4 Å². The van der Waals surface area contributed by atoms with E-state index in [1.54, 1.807) is 6.26 Å². The third-order valence-electron chi connectivity index (χ3n) is 2.07. The standard InChI is InChI=1S/C11H17F2NO2/c1-9(7-10-3-2-5-16-10)14-4-6-15-8-11(12)13/h2-3,5,9,11,14H,4,6-8H2,1H3. The molecule has 1 aromatic heterocycles. The summed E-state index contributed by atoms with van der Waals surface area (Å²) in [7, 11) is 0. The van der Waals surface area contributed by atoms with E-state index in [-0.39, 0.29) is 6.04 Å². The second-order valence-electron chi connectivity index (χ2n) is 3.60. The Hall–Kier alpha value is -0.940. The lowest BCUT2D eigenvalue weighted by molar-refractivity contribution is 0.0183. The van der Waals surface area contributed by atoms with Crippen LogP contribution in [0, 0.1) is 0 Å². The normalized spacial score (nSPS) is 13.2. The number of ether oxygens (including phenoxy) is 1. The van der Waals surface area contributed by atoms with Crippen LogP contribution in [0.5, 0.6) is 0 Å². The zero-order valence-corrected chi connectivity index (χ0v) is 9.29. The molecule has 1 rings (SSSR count). The smallest absolute Gasteiger partial charge is 0.261 e. The zero-order chi connectivity index (χ0) is 11.8. The molecule has 1 aromatic rings. The minimum Gasteiger partial charge on any atom is -0.469 e. The number of furan rings is 1. The zero-order valence-electron chi connectivity index (χ0n) is 9.29. The first-order valence-electron chi connectivity index (χ1n) is 5.30. The summed E-state index contributed by atoms with van der Waals surface area (Å²) in [5, 5.41) is 3.16. The van der Waals surface area contributed by atoms with Gasteiger partial charge in [-0.2, -0.15) is 0 Å². The van der Waals surface area contributed by atoms with Crippen LogP contribution in [0.3, 0.4) is 0 Å². The van der Waals surface area contributed by atoms with Gasteiger partial charge in [-0.15, -0.1) is 0 Å². The quantitative estimate of drug-likeness (QED) is 0.698. The molecule has 0 amide bonds. The lowest BCUT2D eigenvalue weighted by Gasteiger charge is -2.12. The van der Waals surface area contributed by atoms with E-state index in [0.717, 1.165) is 12.2 Å². The lowest BCUT2D eigenvalue weighted by atomic mass is 10.2. The molecule has 0 aromatic carbocycles. The number of hydrogen-bond acceptors (Lipinski definition) is 3. The van der Waals surface area contributed by atoms with E-state index < -0.39 is 13.0 Å². The van der Waals surface area contributed by atoms with Gasteiger partial charge in [0.2, 0.25) is 0 Å². The van der Waals surface area contributed by atoms with Crippen LogP contribution in [0.25, 0.3) is 0 Å². The van der Waals surface area contributed by atoms with Gasteiger partial charge in [0.15, 0.2) is 0 Å². The predicted molar refractivity (Wildman–Crippen MR) is 56.7 cm³/mol. The van der Waals surface area contributed by atoms with Gasteiger partial charge in [0.1, 0.15) is 12.4 Å². The van der Waals surface area contributed by atoms with E-state index in [1.165, 1.54) is 0 Å². The molecule has 0 spiro atoms. The van der Waals surface area contributed by atoms with Crippen LogP contribution < -0.4 is 5.32 Å². The van der Waals surface area contributed by atoms with E-state index in [9.17, 15) is 8.78 Å². The molecule has 1 heterocycles. The minimum atomic E-state index is -2.39. The molecule has 0 saturated carbocycles. The summed E-state index contributed by atoms with van der Waals surface area (Å²) in [6, 6.07) is 3.99. The van der Waals surface area contributed by atoms with E-state index in [4.69, 9.17) is 9.15 Å². The molecule has 0 bridgehead atoms. The SMILES string of the molecule is CC(Cc1ccco1)NCCOCC(F)F.